The fraction of sp³-hybridized carbons (Fsp3) is 0.462. The number of ether oxygens (including phenoxy) is 2. The van der Waals surface area contributed by atoms with Gasteiger partial charge in [0.1, 0.15) is 0 Å². The molecule has 0 bridgehead atoms. The SMILES string of the molecule is CC(N)C(C)(C)NC(=O)c1ccc2c(c1)OCO2. The van der Waals surface area contributed by atoms with Crippen molar-refractivity contribution in [3.05, 3.63) is 23.8 Å². The quantitative estimate of drug-likeness (QED) is 0.847. The van der Waals surface area contributed by atoms with Crippen LogP contribution < -0.4 is 20.5 Å². The first-order valence-electron chi connectivity index (χ1n) is 5.88. The lowest BCUT2D eigenvalue weighted by Crippen LogP contribution is -2.54. The summed E-state index contributed by atoms with van der Waals surface area (Å²) in [7, 11) is 0. The van der Waals surface area contributed by atoms with Crippen molar-refractivity contribution in [1.82, 2.24) is 5.32 Å². The van der Waals surface area contributed by atoms with E-state index in [1.165, 1.54) is 0 Å². The summed E-state index contributed by atoms with van der Waals surface area (Å²) in [5.41, 5.74) is 5.90. The van der Waals surface area contributed by atoms with Crippen LogP contribution in [0.3, 0.4) is 0 Å². The molecule has 0 aromatic heterocycles. The minimum atomic E-state index is -0.465. The molecule has 1 aliphatic rings. The molecule has 0 radical (unpaired) electrons. The van der Waals surface area contributed by atoms with E-state index in [0.29, 0.717) is 17.1 Å². The number of nitrogens with one attached hydrogen (secondary N) is 1. The summed E-state index contributed by atoms with van der Waals surface area (Å²) in [6.07, 6.45) is 0. The molecule has 0 saturated carbocycles. The molecular formula is C13H18N2O3. The minimum absolute atomic E-state index is 0.143. The normalized spacial score (nSPS) is 15.3. The molecule has 1 amide bonds. The lowest BCUT2D eigenvalue weighted by atomic mass is 9.96. The summed E-state index contributed by atoms with van der Waals surface area (Å²) in [4.78, 5) is 12.1. The van der Waals surface area contributed by atoms with Crippen LogP contribution in [0.15, 0.2) is 18.2 Å². The molecule has 98 valence electrons. The average Bonchev–Trinajstić information content (AvgIpc) is 2.74. The van der Waals surface area contributed by atoms with Gasteiger partial charge in [-0.05, 0) is 39.0 Å². The van der Waals surface area contributed by atoms with Crippen LogP contribution in [0.25, 0.3) is 0 Å². The number of rotatable bonds is 3. The summed E-state index contributed by atoms with van der Waals surface area (Å²) in [6.45, 7) is 5.84. The van der Waals surface area contributed by atoms with Crippen LogP contribution in [0.5, 0.6) is 11.5 Å². The fourth-order valence-electron chi connectivity index (χ4n) is 1.52. The smallest absolute Gasteiger partial charge is 0.251 e. The molecule has 5 heteroatoms. The molecule has 1 aromatic rings. The fourth-order valence-corrected chi connectivity index (χ4v) is 1.52. The van der Waals surface area contributed by atoms with E-state index in [1.807, 2.05) is 20.8 Å². The monoisotopic (exact) mass is 250 g/mol. The van der Waals surface area contributed by atoms with Gasteiger partial charge in [0, 0.05) is 17.1 Å². The molecule has 1 aliphatic heterocycles. The van der Waals surface area contributed by atoms with Gasteiger partial charge in [-0.1, -0.05) is 0 Å². The van der Waals surface area contributed by atoms with E-state index in [-0.39, 0.29) is 18.7 Å². The van der Waals surface area contributed by atoms with Gasteiger partial charge in [0.15, 0.2) is 11.5 Å². The third-order valence-corrected chi connectivity index (χ3v) is 3.21. The number of carbonyl (C=O) groups excluding carboxylic acids is 1. The highest BCUT2D eigenvalue weighted by atomic mass is 16.7. The van der Waals surface area contributed by atoms with E-state index < -0.39 is 5.54 Å². The summed E-state index contributed by atoms with van der Waals surface area (Å²) in [6, 6.07) is 4.97. The van der Waals surface area contributed by atoms with Crippen LogP contribution in [-0.2, 0) is 0 Å². The molecule has 1 unspecified atom stereocenters. The van der Waals surface area contributed by atoms with Gasteiger partial charge >= 0.3 is 0 Å². The zero-order chi connectivity index (χ0) is 13.3. The van der Waals surface area contributed by atoms with E-state index >= 15 is 0 Å². The van der Waals surface area contributed by atoms with Gasteiger partial charge < -0.3 is 20.5 Å². The number of fused-ring (bicyclic) bond motifs is 1. The molecule has 1 aromatic carbocycles. The Kier molecular flexibility index (Phi) is 3.17. The zero-order valence-electron chi connectivity index (χ0n) is 10.8. The summed E-state index contributed by atoms with van der Waals surface area (Å²) >= 11 is 0. The van der Waals surface area contributed by atoms with Gasteiger partial charge in [0.2, 0.25) is 6.79 Å². The number of benzene rings is 1. The molecule has 2 rings (SSSR count). The second-order valence-electron chi connectivity index (χ2n) is 5.03. The Morgan fingerprint density at radius 1 is 1.39 bits per heavy atom. The van der Waals surface area contributed by atoms with E-state index in [2.05, 4.69) is 5.32 Å². The predicted octanol–water partition coefficient (Wildman–Crippen LogP) is 1.27. The third kappa shape index (κ3) is 2.41. The van der Waals surface area contributed by atoms with Crippen molar-refractivity contribution in [2.75, 3.05) is 6.79 Å². The first-order valence-corrected chi connectivity index (χ1v) is 5.88. The molecule has 18 heavy (non-hydrogen) atoms. The molecule has 1 atom stereocenters. The average molecular weight is 250 g/mol. The van der Waals surface area contributed by atoms with Gasteiger partial charge in [-0.25, -0.2) is 0 Å². The number of carbonyl (C=O) groups is 1. The Bertz CT molecular complexity index is 469. The Morgan fingerprint density at radius 2 is 2.06 bits per heavy atom. The van der Waals surface area contributed by atoms with Crippen LogP contribution in [-0.4, -0.2) is 24.3 Å². The highest BCUT2D eigenvalue weighted by Crippen LogP contribution is 2.32. The van der Waals surface area contributed by atoms with Gasteiger partial charge in [-0.3, -0.25) is 4.79 Å². The topological polar surface area (TPSA) is 73.6 Å². The van der Waals surface area contributed by atoms with E-state index in [4.69, 9.17) is 15.2 Å². The standard InChI is InChI=1S/C13H18N2O3/c1-8(14)13(2,3)15-12(16)9-4-5-10-11(6-9)18-7-17-10/h4-6,8H,7,14H2,1-3H3,(H,15,16). The summed E-state index contributed by atoms with van der Waals surface area (Å²) in [5.74, 6) is 1.09. The molecule has 0 saturated heterocycles. The Morgan fingerprint density at radius 3 is 2.72 bits per heavy atom. The van der Waals surface area contributed by atoms with Gasteiger partial charge in [0.05, 0.1) is 0 Å². The second-order valence-corrected chi connectivity index (χ2v) is 5.03. The van der Waals surface area contributed by atoms with Crippen molar-refractivity contribution in [3.63, 3.8) is 0 Å². The highest BCUT2D eigenvalue weighted by molar-refractivity contribution is 5.95. The third-order valence-electron chi connectivity index (χ3n) is 3.21. The Balaban J connectivity index is 2.15. The lowest BCUT2D eigenvalue weighted by Gasteiger charge is -2.30. The van der Waals surface area contributed by atoms with Crippen LogP contribution in [0, 0.1) is 0 Å². The molecule has 1 heterocycles. The predicted molar refractivity (Wildman–Crippen MR) is 67.8 cm³/mol. The van der Waals surface area contributed by atoms with Crippen molar-refractivity contribution >= 4 is 5.91 Å². The van der Waals surface area contributed by atoms with E-state index in [1.54, 1.807) is 18.2 Å². The van der Waals surface area contributed by atoms with Crippen molar-refractivity contribution in [2.24, 2.45) is 5.73 Å². The van der Waals surface area contributed by atoms with Crippen molar-refractivity contribution in [2.45, 2.75) is 32.4 Å². The molecule has 0 fully saturated rings. The lowest BCUT2D eigenvalue weighted by molar-refractivity contribution is 0.0903. The summed E-state index contributed by atoms with van der Waals surface area (Å²) < 4.78 is 10.4. The highest BCUT2D eigenvalue weighted by Gasteiger charge is 2.26. The largest absolute Gasteiger partial charge is 0.454 e. The van der Waals surface area contributed by atoms with Crippen LogP contribution >= 0.6 is 0 Å². The van der Waals surface area contributed by atoms with Gasteiger partial charge in [-0.2, -0.15) is 0 Å². The van der Waals surface area contributed by atoms with Gasteiger partial charge in [0.25, 0.3) is 5.91 Å². The van der Waals surface area contributed by atoms with Crippen molar-refractivity contribution in [3.8, 4) is 11.5 Å². The maximum absolute atomic E-state index is 12.1. The Hall–Kier alpha value is -1.75. The summed E-state index contributed by atoms with van der Waals surface area (Å²) in [5, 5.41) is 2.90. The molecule has 0 aliphatic carbocycles. The molecule has 3 N–H and O–H groups in total. The number of hydrogen-bond donors (Lipinski definition) is 2. The number of hydrogen-bond acceptors (Lipinski definition) is 4. The number of amides is 1. The molecule has 5 nitrogen and oxygen atoms in total. The Labute approximate surface area is 106 Å². The number of nitrogens with two attached hydrogens (primary N) is 1. The second kappa shape index (κ2) is 4.49. The van der Waals surface area contributed by atoms with Crippen LogP contribution in [0.1, 0.15) is 31.1 Å². The van der Waals surface area contributed by atoms with Crippen molar-refractivity contribution in [1.29, 1.82) is 0 Å². The minimum Gasteiger partial charge on any atom is -0.454 e. The molecular weight excluding hydrogens is 232 g/mol. The first-order chi connectivity index (χ1) is 8.40. The van der Waals surface area contributed by atoms with Crippen molar-refractivity contribution < 1.29 is 14.3 Å². The van der Waals surface area contributed by atoms with E-state index in [9.17, 15) is 4.79 Å². The van der Waals surface area contributed by atoms with Crippen LogP contribution in [0.2, 0.25) is 0 Å². The molecule has 0 spiro atoms. The first kappa shape index (κ1) is 12.7. The van der Waals surface area contributed by atoms with E-state index in [0.717, 1.165) is 0 Å². The van der Waals surface area contributed by atoms with Crippen LogP contribution in [0.4, 0.5) is 0 Å². The maximum atomic E-state index is 12.1. The van der Waals surface area contributed by atoms with Gasteiger partial charge in [-0.15, -0.1) is 0 Å². The zero-order valence-corrected chi connectivity index (χ0v) is 10.8. The maximum Gasteiger partial charge on any atom is 0.251 e.